The molecule has 0 fully saturated rings. The van der Waals surface area contributed by atoms with Gasteiger partial charge in [-0.05, 0) is 118 Å². The zero-order chi connectivity index (χ0) is 89.7. The summed E-state index contributed by atoms with van der Waals surface area (Å²) in [4.78, 5) is 63.4. The van der Waals surface area contributed by atoms with E-state index in [1.54, 1.807) is 0 Å². The zero-order valence-electron chi connectivity index (χ0n) is 72.9. The molecule has 0 spiro atoms. The van der Waals surface area contributed by atoms with Crippen LogP contribution in [0.3, 0.4) is 0 Å². The minimum atomic E-state index is 0.489. The molecule has 0 saturated carbocycles. The van der Waals surface area contributed by atoms with Gasteiger partial charge in [-0.1, -0.05) is 364 Å². The molecule has 634 valence electrons. The molecule has 16 heteroatoms. The van der Waals surface area contributed by atoms with Crippen molar-refractivity contribution in [1.29, 1.82) is 0 Å². The second-order valence-corrected chi connectivity index (χ2v) is 33.9. The molecule has 0 saturated heterocycles. The van der Waals surface area contributed by atoms with E-state index in [2.05, 4.69) is 334 Å². The average Bonchev–Trinajstić information content (AvgIpc) is 1.55. The van der Waals surface area contributed by atoms with E-state index in [9.17, 15) is 0 Å². The fraction of sp³-hybridized carbons (Fsp3) is 0. The molecule has 0 bridgehead atoms. The Balaban J connectivity index is 0.531. The highest BCUT2D eigenvalue weighted by molar-refractivity contribution is 6.25. The molecule has 0 unspecified atom stereocenters. The Morgan fingerprint density at radius 3 is 0.588 bits per heavy atom. The highest BCUT2D eigenvalue weighted by Gasteiger charge is 2.29. The van der Waals surface area contributed by atoms with Gasteiger partial charge in [0, 0.05) is 110 Å². The van der Waals surface area contributed by atoms with Gasteiger partial charge in [0.15, 0.2) is 58.2 Å². The lowest BCUT2D eigenvalue weighted by Gasteiger charge is -2.14. The fourth-order valence-corrected chi connectivity index (χ4v) is 19.4. The summed E-state index contributed by atoms with van der Waals surface area (Å²) in [6.45, 7) is 0. The summed E-state index contributed by atoms with van der Waals surface area (Å²) in [5, 5.41) is 8.68. The first-order valence-corrected chi connectivity index (χ1v) is 45.3. The van der Waals surface area contributed by atoms with Crippen LogP contribution in [0.2, 0.25) is 0 Å². The smallest absolute Gasteiger partial charge is 0.238 e. The number of rotatable bonds is 17. The van der Waals surface area contributed by atoms with Crippen LogP contribution in [0, 0.1) is 0 Å². The molecular formula is C120H74N16. The van der Waals surface area contributed by atoms with Gasteiger partial charge in [-0.2, -0.15) is 19.9 Å². The summed E-state index contributed by atoms with van der Waals surface area (Å²) in [5.74, 6) is 6.67. The van der Waals surface area contributed by atoms with E-state index in [4.69, 9.17) is 59.8 Å². The lowest BCUT2D eigenvalue weighted by Crippen LogP contribution is -2.07. The molecule has 8 heterocycles. The lowest BCUT2D eigenvalue weighted by atomic mass is 9.97. The highest BCUT2D eigenvalue weighted by atomic mass is 15.2. The molecule has 0 N–H and O–H groups in total. The van der Waals surface area contributed by atoms with Gasteiger partial charge >= 0.3 is 0 Å². The topological polar surface area (TPSA) is 174 Å². The van der Waals surface area contributed by atoms with Crippen LogP contribution in [0.5, 0.6) is 0 Å². The highest BCUT2D eigenvalue weighted by Crippen LogP contribution is 2.46. The molecule has 26 aromatic rings. The van der Waals surface area contributed by atoms with Gasteiger partial charge in [0.05, 0.1) is 44.1 Å². The minimum absolute atomic E-state index is 0.489. The predicted molar refractivity (Wildman–Crippen MR) is 548 cm³/mol. The van der Waals surface area contributed by atoms with Gasteiger partial charge in [-0.15, -0.1) is 0 Å². The van der Waals surface area contributed by atoms with Crippen molar-refractivity contribution in [2.45, 2.75) is 0 Å². The molecule has 0 aliphatic heterocycles. The Hall–Kier alpha value is -18.8. The quantitative estimate of drug-likeness (QED) is 0.0845. The van der Waals surface area contributed by atoms with E-state index >= 15 is 0 Å². The number of para-hydroxylation sites is 4. The number of hydrogen-bond donors (Lipinski definition) is 0. The standard InChI is InChI=1S/C120H74N16/c1-7-29-75(30-8-1)89-43-28-44-90(74-89)118-128-116(82-39-17-6-18-40-82)130-120(132-118)136-104-52-26-22-48-96(104)100-72-70-98-94-46-20-24-50-102(94)134(106(98)108(100)136)92-67-63-86(64-68-92)114-125-111(80-35-13-4-14-36-80)122-112(126-114)83-57-53-76(54-58-83)87-41-27-42-88(73-87)77-55-59-84(60-56-77)117-127-115(81-37-15-5-16-38-81)129-119(131-117)135-103-51-25-21-47-95(103)99-71-69-97-93-45-19-23-49-101(93)133(105(97)107(99)135)91-65-61-85(62-66-91)113-123-109(78-31-9-2-10-32-78)121-110(124-113)79-33-11-3-12-34-79/h1-74H. The Labute approximate surface area is 779 Å². The number of nitrogens with zero attached hydrogens (tertiary/aromatic N) is 16. The van der Waals surface area contributed by atoms with Crippen molar-refractivity contribution in [1.82, 2.24) is 78.1 Å². The van der Waals surface area contributed by atoms with Gasteiger partial charge in [0.25, 0.3) is 0 Å². The Morgan fingerprint density at radius 1 is 0.118 bits per heavy atom. The normalized spacial score (nSPS) is 11.7. The van der Waals surface area contributed by atoms with Gasteiger partial charge < -0.3 is 9.13 Å². The van der Waals surface area contributed by atoms with Crippen LogP contribution in [0.4, 0.5) is 0 Å². The summed E-state index contributed by atoms with van der Waals surface area (Å²) < 4.78 is 9.22. The summed E-state index contributed by atoms with van der Waals surface area (Å²) in [7, 11) is 0. The van der Waals surface area contributed by atoms with E-state index in [1.165, 1.54) is 0 Å². The molecule has 16 nitrogen and oxygen atoms in total. The van der Waals surface area contributed by atoms with Crippen LogP contribution < -0.4 is 0 Å². The van der Waals surface area contributed by atoms with E-state index in [1.807, 2.05) is 133 Å². The van der Waals surface area contributed by atoms with Crippen LogP contribution in [-0.2, 0) is 0 Å². The van der Waals surface area contributed by atoms with Crippen molar-refractivity contribution in [3.63, 3.8) is 0 Å². The molecule has 8 aromatic heterocycles. The Kier molecular flexibility index (Phi) is 18.8. The van der Waals surface area contributed by atoms with Crippen molar-refractivity contribution in [3.8, 4) is 171 Å². The number of hydrogen-bond acceptors (Lipinski definition) is 12. The van der Waals surface area contributed by atoms with E-state index < -0.39 is 0 Å². The molecule has 136 heavy (non-hydrogen) atoms. The SMILES string of the molecule is c1ccc(-c2cccc(-c3nc(-c4ccccc4)nc(-n4c5ccccc5c5ccc6c7ccccc7n(-c7ccc(-c8nc(-c9ccccc9)nc(-c9ccc(-c%10cccc(-c%11ccc(-c%12nc(-c%13ccccc%13)nc(-n%13c%14ccccc%14c%14ccc%15c%16ccccc%16n(-c%16ccc(-c%17nc(-c%18ccccc%18)nc(-c%18ccccc%18)n%17)cc%16)c%15c%14%13)n%12)cc%11)c%10)cc9)n8)cc7)c6c54)n3)c2)cc1. The molecule has 0 radical (unpaired) electrons. The molecule has 18 aromatic carbocycles. The summed E-state index contributed by atoms with van der Waals surface area (Å²) in [6.07, 6.45) is 0. The third-order valence-corrected chi connectivity index (χ3v) is 25.8. The van der Waals surface area contributed by atoms with Crippen LogP contribution in [-0.4, -0.2) is 78.1 Å². The largest absolute Gasteiger partial charge is 0.307 e. The van der Waals surface area contributed by atoms with Gasteiger partial charge in [0.1, 0.15) is 0 Å². The van der Waals surface area contributed by atoms with Gasteiger partial charge in [0.2, 0.25) is 11.9 Å². The lowest BCUT2D eigenvalue weighted by molar-refractivity contribution is 0.953. The zero-order valence-corrected chi connectivity index (χ0v) is 72.9. The second kappa shape index (κ2) is 32.7. The summed E-state index contributed by atoms with van der Waals surface area (Å²) in [5.41, 5.74) is 25.0. The maximum absolute atomic E-state index is 5.53. The molecule has 0 amide bonds. The molecule has 0 atom stereocenters. The van der Waals surface area contributed by atoms with Crippen LogP contribution in [0.1, 0.15) is 0 Å². The number of fused-ring (bicyclic) bond motifs is 14. The molecule has 0 aliphatic rings. The van der Waals surface area contributed by atoms with Gasteiger partial charge in [-0.25, -0.2) is 39.9 Å². The number of benzene rings is 18. The molecule has 26 rings (SSSR count). The Bertz CT molecular complexity index is 9110. The first-order valence-electron chi connectivity index (χ1n) is 45.3. The first-order chi connectivity index (χ1) is 67.4. The van der Waals surface area contributed by atoms with E-state index in [0.29, 0.717) is 70.1 Å². The monoisotopic (exact) mass is 1740 g/mol. The van der Waals surface area contributed by atoms with Crippen molar-refractivity contribution in [3.05, 3.63) is 449 Å². The average molecular weight is 1740 g/mol. The van der Waals surface area contributed by atoms with Crippen molar-refractivity contribution in [2.24, 2.45) is 0 Å². The summed E-state index contributed by atoms with van der Waals surface area (Å²) >= 11 is 0. The van der Waals surface area contributed by atoms with E-state index in [0.717, 1.165) is 188 Å². The third-order valence-electron chi connectivity index (χ3n) is 25.8. The third kappa shape index (κ3) is 13.7. The number of aromatic nitrogens is 16. The van der Waals surface area contributed by atoms with E-state index in [-0.39, 0.29) is 0 Å². The second-order valence-electron chi connectivity index (χ2n) is 33.9. The van der Waals surface area contributed by atoms with Crippen molar-refractivity contribution < 1.29 is 0 Å². The molecule has 0 aliphatic carbocycles. The van der Waals surface area contributed by atoms with Gasteiger partial charge in [-0.3, -0.25) is 9.13 Å². The van der Waals surface area contributed by atoms with Crippen molar-refractivity contribution >= 4 is 87.2 Å². The maximum Gasteiger partial charge on any atom is 0.238 e. The fourth-order valence-electron chi connectivity index (χ4n) is 19.4. The Morgan fingerprint density at radius 2 is 0.301 bits per heavy atom. The van der Waals surface area contributed by atoms with Crippen molar-refractivity contribution in [2.75, 3.05) is 0 Å². The molecular weight excluding hydrogens is 1670 g/mol. The maximum atomic E-state index is 5.53. The predicted octanol–water partition coefficient (Wildman–Crippen LogP) is 28.5. The first kappa shape index (κ1) is 78.3. The summed E-state index contributed by atoms with van der Waals surface area (Å²) in [6, 6.07) is 156. The minimum Gasteiger partial charge on any atom is -0.307 e. The van der Waals surface area contributed by atoms with Crippen LogP contribution in [0.15, 0.2) is 449 Å². The van der Waals surface area contributed by atoms with Crippen LogP contribution in [0.25, 0.3) is 258 Å². The van der Waals surface area contributed by atoms with Crippen LogP contribution >= 0.6 is 0 Å².